The number of nitrogens with one attached hydrogen (secondary N) is 1. The Hall–Kier alpha value is -4.14. The third kappa shape index (κ3) is 7.70. The summed E-state index contributed by atoms with van der Waals surface area (Å²) in [4.78, 5) is 28.7. The second-order valence-corrected chi connectivity index (χ2v) is 8.10. The third-order valence-corrected chi connectivity index (χ3v) is 5.08. The van der Waals surface area contributed by atoms with Crippen LogP contribution in [0.2, 0.25) is 0 Å². The summed E-state index contributed by atoms with van der Waals surface area (Å²) in [6.45, 7) is 5.15. The molecule has 0 saturated carbocycles. The fourth-order valence-corrected chi connectivity index (χ4v) is 3.27. The van der Waals surface area contributed by atoms with Gasteiger partial charge in [-0.1, -0.05) is 61.5 Å². The minimum atomic E-state index is -0.969. The second kappa shape index (κ2) is 12.4. The highest BCUT2D eigenvalue weighted by molar-refractivity contribution is 5.69. The summed E-state index contributed by atoms with van der Waals surface area (Å²) in [6.07, 6.45) is 1.84. The van der Waals surface area contributed by atoms with Crippen LogP contribution >= 0.6 is 0 Å². The lowest BCUT2D eigenvalue weighted by Gasteiger charge is -2.28. The molecule has 35 heavy (non-hydrogen) atoms. The number of rotatable bonds is 10. The molecule has 1 unspecified atom stereocenters. The molecule has 2 atom stereocenters. The first-order valence-electron chi connectivity index (χ1n) is 11.2. The number of carbonyl (C=O) groups excluding carboxylic acids is 2. The molecule has 1 N–H and O–H groups in total. The van der Waals surface area contributed by atoms with E-state index in [9.17, 15) is 9.59 Å². The van der Waals surface area contributed by atoms with E-state index in [0.717, 1.165) is 16.9 Å². The molecular weight excluding hydrogens is 450 g/mol. The first-order valence-corrected chi connectivity index (χ1v) is 11.2. The SMILES string of the molecule is COc1ccc(/C=C/c2nc(C(OC(C)=O)[C@@H](NC(=O)OCc3ccccc3)C(C)C)no2)cc1. The van der Waals surface area contributed by atoms with Gasteiger partial charge in [0.2, 0.25) is 5.82 Å². The van der Waals surface area contributed by atoms with Gasteiger partial charge < -0.3 is 24.1 Å². The summed E-state index contributed by atoms with van der Waals surface area (Å²) >= 11 is 0. The van der Waals surface area contributed by atoms with Crippen LogP contribution in [-0.2, 0) is 20.9 Å². The zero-order valence-corrected chi connectivity index (χ0v) is 20.1. The monoisotopic (exact) mass is 479 g/mol. The molecule has 1 amide bonds. The molecule has 0 radical (unpaired) electrons. The highest BCUT2D eigenvalue weighted by Gasteiger charge is 2.34. The van der Waals surface area contributed by atoms with Crippen LogP contribution in [0.15, 0.2) is 59.1 Å². The van der Waals surface area contributed by atoms with E-state index in [1.807, 2.05) is 68.4 Å². The van der Waals surface area contributed by atoms with Gasteiger partial charge in [0.05, 0.1) is 13.2 Å². The number of amides is 1. The number of nitrogens with zero attached hydrogens (tertiary/aromatic N) is 2. The van der Waals surface area contributed by atoms with Crippen molar-refractivity contribution in [3.8, 4) is 5.75 Å². The van der Waals surface area contributed by atoms with Gasteiger partial charge in [-0.05, 0) is 35.3 Å². The van der Waals surface area contributed by atoms with Gasteiger partial charge in [0.1, 0.15) is 12.4 Å². The molecule has 0 aliphatic heterocycles. The number of benzene rings is 2. The van der Waals surface area contributed by atoms with Crippen LogP contribution in [0.4, 0.5) is 4.79 Å². The highest BCUT2D eigenvalue weighted by Crippen LogP contribution is 2.25. The lowest BCUT2D eigenvalue weighted by molar-refractivity contribution is -0.149. The van der Waals surface area contributed by atoms with Crippen molar-refractivity contribution in [3.63, 3.8) is 0 Å². The largest absolute Gasteiger partial charge is 0.497 e. The zero-order valence-electron chi connectivity index (χ0n) is 20.1. The Balaban J connectivity index is 1.72. The van der Waals surface area contributed by atoms with Crippen LogP contribution < -0.4 is 10.1 Å². The summed E-state index contributed by atoms with van der Waals surface area (Å²) in [5.74, 6) is 0.431. The number of methoxy groups -OCH3 is 1. The fraction of sp³-hybridized carbons (Fsp3) is 0.308. The van der Waals surface area contributed by atoms with Crippen LogP contribution in [0.5, 0.6) is 5.75 Å². The molecule has 0 spiro atoms. The number of carbonyl (C=O) groups is 2. The summed E-state index contributed by atoms with van der Waals surface area (Å²) in [6, 6.07) is 16.1. The Morgan fingerprint density at radius 3 is 2.40 bits per heavy atom. The quantitative estimate of drug-likeness (QED) is 0.413. The van der Waals surface area contributed by atoms with Crippen molar-refractivity contribution < 1.29 is 28.3 Å². The van der Waals surface area contributed by atoms with E-state index >= 15 is 0 Å². The van der Waals surface area contributed by atoms with Crippen LogP contribution in [0.1, 0.15) is 49.7 Å². The van der Waals surface area contributed by atoms with Gasteiger partial charge in [-0.25, -0.2) is 4.79 Å². The average Bonchev–Trinajstić information content (AvgIpc) is 3.33. The van der Waals surface area contributed by atoms with Crippen molar-refractivity contribution in [1.82, 2.24) is 15.5 Å². The smallest absolute Gasteiger partial charge is 0.407 e. The van der Waals surface area contributed by atoms with Crippen molar-refractivity contribution >= 4 is 24.2 Å². The van der Waals surface area contributed by atoms with Crippen LogP contribution in [-0.4, -0.2) is 35.4 Å². The van der Waals surface area contributed by atoms with E-state index in [-0.39, 0.29) is 24.2 Å². The van der Waals surface area contributed by atoms with Gasteiger partial charge in [-0.2, -0.15) is 4.98 Å². The van der Waals surface area contributed by atoms with Crippen LogP contribution in [0.3, 0.4) is 0 Å². The van der Waals surface area contributed by atoms with Crippen molar-refractivity contribution in [2.24, 2.45) is 5.92 Å². The molecule has 0 aliphatic rings. The lowest BCUT2D eigenvalue weighted by atomic mass is 9.98. The number of hydrogen-bond acceptors (Lipinski definition) is 8. The zero-order chi connectivity index (χ0) is 25.2. The van der Waals surface area contributed by atoms with Crippen LogP contribution in [0, 0.1) is 5.92 Å². The number of esters is 1. The van der Waals surface area contributed by atoms with E-state index in [4.69, 9.17) is 18.7 Å². The molecule has 0 fully saturated rings. The standard InChI is InChI=1S/C26H29N3O6/c1-17(2)23(28-26(31)33-16-20-8-6-5-7-9-20)24(34-18(3)30)25-27-22(35-29-25)15-12-19-10-13-21(32-4)14-11-19/h5-15,17,23-24H,16H2,1-4H3,(H,28,31)/b15-12+/t23-,24?/m0/s1. The second-order valence-electron chi connectivity index (χ2n) is 8.10. The Kier molecular flexibility index (Phi) is 9.00. The van der Waals surface area contributed by atoms with Gasteiger partial charge in [-0.15, -0.1) is 0 Å². The van der Waals surface area contributed by atoms with Crippen molar-refractivity contribution in [2.75, 3.05) is 7.11 Å². The van der Waals surface area contributed by atoms with Gasteiger partial charge in [0.25, 0.3) is 5.89 Å². The summed E-state index contributed by atoms with van der Waals surface area (Å²) < 4.78 is 21.3. The molecule has 184 valence electrons. The summed E-state index contributed by atoms with van der Waals surface area (Å²) in [5.41, 5.74) is 1.76. The fourth-order valence-electron chi connectivity index (χ4n) is 3.27. The maximum Gasteiger partial charge on any atom is 0.407 e. The average molecular weight is 480 g/mol. The molecule has 9 nitrogen and oxygen atoms in total. The third-order valence-electron chi connectivity index (χ3n) is 5.08. The topological polar surface area (TPSA) is 113 Å². The maximum atomic E-state index is 12.5. The van der Waals surface area contributed by atoms with Gasteiger partial charge in [-0.3, -0.25) is 4.79 Å². The van der Waals surface area contributed by atoms with E-state index in [2.05, 4.69) is 15.5 Å². The molecule has 3 aromatic rings. The minimum absolute atomic E-state index is 0.109. The van der Waals surface area contributed by atoms with Crippen molar-refractivity contribution in [2.45, 2.75) is 39.5 Å². The first kappa shape index (κ1) is 25.5. The number of alkyl carbamates (subject to hydrolysis) is 1. The molecule has 0 saturated heterocycles. The molecule has 0 bridgehead atoms. The molecular formula is C26H29N3O6. The molecule has 0 aliphatic carbocycles. The van der Waals surface area contributed by atoms with E-state index < -0.39 is 24.2 Å². The van der Waals surface area contributed by atoms with Gasteiger partial charge >= 0.3 is 12.1 Å². The minimum Gasteiger partial charge on any atom is -0.497 e. The van der Waals surface area contributed by atoms with E-state index in [1.165, 1.54) is 6.92 Å². The molecule has 3 rings (SSSR count). The first-order chi connectivity index (χ1) is 16.9. The Bertz CT molecular complexity index is 1130. The summed E-state index contributed by atoms with van der Waals surface area (Å²) in [7, 11) is 1.60. The van der Waals surface area contributed by atoms with Crippen molar-refractivity contribution in [3.05, 3.63) is 77.4 Å². The summed E-state index contributed by atoms with van der Waals surface area (Å²) in [5, 5.41) is 6.77. The predicted molar refractivity (Wildman–Crippen MR) is 129 cm³/mol. The Labute approximate surface area is 204 Å². The number of hydrogen-bond donors (Lipinski definition) is 1. The van der Waals surface area contributed by atoms with Crippen LogP contribution in [0.25, 0.3) is 12.2 Å². The molecule has 9 heteroatoms. The Morgan fingerprint density at radius 2 is 1.77 bits per heavy atom. The normalized spacial score (nSPS) is 12.8. The molecule has 2 aromatic carbocycles. The maximum absolute atomic E-state index is 12.5. The highest BCUT2D eigenvalue weighted by atomic mass is 16.6. The molecule has 1 heterocycles. The number of ether oxygens (including phenoxy) is 3. The van der Waals surface area contributed by atoms with E-state index in [1.54, 1.807) is 19.3 Å². The lowest BCUT2D eigenvalue weighted by Crippen LogP contribution is -2.44. The van der Waals surface area contributed by atoms with Crippen molar-refractivity contribution in [1.29, 1.82) is 0 Å². The Morgan fingerprint density at radius 1 is 1.06 bits per heavy atom. The van der Waals surface area contributed by atoms with E-state index in [0.29, 0.717) is 0 Å². The predicted octanol–water partition coefficient (Wildman–Crippen LogP) is 4.80. The number of aromatic nitrogens is 2. The van der Waals surface area contributed by atoms with Gasteiger partial charge in [0, 0.05) is 13.0 Å². The molecule has 1 aromatic heterocycles. The van der Waals surface area contributed by atoms with Gasteiger partial charge in [0.15, 0.2) is 6.10 Å².